The van der Waals surface area contributed by atoms with Crippen LogP contribution in [0.15, 0.2) is 42.5 Å². The fourth-order valence-corrected chi connectivity index (χ4v) is 1.08. The van der Waals surface area contributed by atoms with E-state index in [1.165, 1.54) is 6.08 Å². The third kappa shape index (κ3) is 4.98. The summed E-state index contributed by atoms with van der Waals surface area (Å²) in [5, 5.41) is 8.41. The molecule has 0 heterocycles. The Hall–Kier alpha value is -1.61. The molecule has 15 heavy (non-hydrogen) atoms. The van der Waals surface area contributed by atoms with Crippen molar-refractivity contribution in [2.45, 2.75) is 19.6 Å². The first-order valence-electron chi connectivity index (χ1n) is 4.75. The summed E-state index contributed by atoms with van der Waals surface area (Å²) in [7, 11) is 0. The van der Waals surface area contributed by atoms with Crippen LogP contribution >= 0.6 is 0 Å². The van der Waals surface area contributed by atoms with E-state index in [-0.39, 0.29) is 6.10 Å². The van der Waals surface area contributed by atoms with Gasteiger partial charge in [0.25, 0.3) is 0 Å². The van der Waals surface area contributed by atoms with E-state index >= 15 is 0 Å². The highest BCUT2D eigenvalue weighted by atomic mass is 16.5. The molecule has 1 aromatic carbocycles. The Balaban J connectivity index is 2.34. The molecular formula is C12H14O3. The zero-order valence-corrected chi connectivity index (χ0v) is 8.59. The lowest BCUT2D eigenvalue weighted by atomic mass is 10.2. The van der Waals surface area contributed by atoms with E-state index in [1.54, 1.807) is 0 Å². The number of benzene rings is 1. The number of aliphatic carboxylic acids is 1. The Bertz CT molecular complexity index is 330. The van der Waals surface area contributed by atoms with Crippen LogP contribution in [0.4, 0.5) is 0 Å². The number of rotatable bonds is 5. The van der Waals surface area contributed by atoms with Crippen LogP contribution in [0.2, 0.25) is 0 Å². The van der Waals surface area contributed by atoms with Gasteiger partial charge in [0.2, 0.25) is 0 Å². The van der Waals surface area contributed by atoms with Crippen LogP contribution in [0.5, 0.6) is 0 Å². The van der Waals surface area contributed by atoms with Crippen molar-refractivity contribution >= 4 is 5.97 Å². The molecule has 0 fully saturated rings. The van der Waals surface area contributed by atoms with Crippen LogP contribution in [0, 0.1) is 0 Å². The van der Waals surface area contributed by atoms with Crippen molar-refractivity contribution < 1.29 is 14.6 Å². The summed E-state index contributed by atoms with van der Waals surface area (Å²) in [5.41, 5.74) is 1.08. The maximum absolute atomic E-state index is 10.2. The Labute approximate surface area is 89.0 Å². The van der Waals surface area contributed by atoms with Crippen molar-refractivity contribution in [3.8, 4) is 0 Å². The summed E-state index contributed by atoms with van der Waals surface area (Å²) in [6.07, 6.45) is 2.42. The summed E-state index contributed by atoms with van der Waals surface area (Å²) < 4.78 is 5.43. The summed E-state index contributed by atoms with van der Waals surface area (Å²) in [4.78, 5) is 10.2. The van der Waals surface area contributed by atoms with Gasteiger partial charge in [-0.05, 0) is 18.6 Å². The molecule has 0 radical (unpaired) electrons. The molecule has 3 nitrogen and oxygen atoms in total. The van der Waals surface area contributed by atoms with Gasteiger partial charge in [0, 0.05) is 6.08 Å². The normalized spacial score (nSPS) is 12.9. The number of hydrogen-bond donors (Lipinski definition) is 1. The second-order valence-corrected chi connectivity index (χ2v) is 3.20. The second kappa shape index (κ2) is 5.98. The SMILES string of the molecule is C[C@@H](C=CC(=O)O)OCc1ccccc1. The number of carboxylic acids is 1. The maximum Gasteiger partial charge on any atom is 0.328 e. The number of carbonyl (C=O) groups is 1. The predicted molar refractivity (Wildman–Crippen MR) is 57.5 cm³/mol. The van der Waals surface area contributed by atoms with E-state index in [4.69, 9.17) is 9.84 Å². The molecule has 0 aromatic heterocycles. The summed E-state index contributed by atoms with van der Waals surface area (Å²) in [6.45, 7) is 2.30. The molecule has 0 aliphatic rings. The van der Waals surface area contributed by atoms with Gasteiger partial charge < -0.3 is 9.84 Å². The van der Waals surface area contributed by atoms with Gasteiger partial charge in [-0.2, -0.15) is 0 Å². The molecule has 3 heteroatoms. The monoisotopic (exact) mass is 206 g/mol. The van der Waals surface area contributed by atoms with E-state index in [2.05, 4.69) is 0 Å². The highest BCUT2D eigenvalue weighted by Crippen LogP contribution is 2.03. The van der Waals surface area contributed by atoms with Crippen molar-refractivity contribution in [2.75, 3.05) is 0 Å². The van der Waals surface area contributed by atoms with Crippen molar-refractivity contribution in [3.05, 3.63) is 48.0 Å². The van der Waals surface area contributed by atoms with Gasteiger partial charge in [0.05, 0.1) is 12.7 Å². The minimum atomic E-state index is -0.954. The quantitative estimate of drug-likeness (QED) is 0.751. The van der Waals surface area contributed by atoms with E-state index in [1.807, 2.05) is 37.3 Å². The van der Waals surface area contributed by atoms with Crippen molar-refractivity contribution in [3.63, 3.8) is 0 Å². The third-order valence-electron chi connectivity index (χ3n) is 1.87. The highest BCUT2D eigenvalue weighted by molar-refractivity contribution is 5.79. The topological polar surface area (TPSA) is 46.5 Å². The molecule has 0 saturated carbocycles. The average Bonchev–Trinajstić information content (AvgIpc) is 2.25. The van der Waals surface area contributed by atoms with E-state index in [0.29, 0.717) is 6.61 Å². The molecule has 80 valence electrons. The van der Waals surface area contributed by atoms with Gasteiger partial charge in [-0.1, -0.05) is 30.3 Å². The van der Waals surface area contributed by atoms with Crippen LogP contribution in [-0.2, 0) is 16.1 Å². The van der Waals surface area contributed by atoms with E-state index in [0.717, 1.165) is 11.6 Å². The van der Waals surface area contributed by atoms with Crippen molar-refractivity contribution in [2.24, 2.45) is 0 Å². The molecule has 1 aromatic rings. The zero-order valence-electron chi connectivity index (χ0n) is 8.59. The van der Waals surface area contributed by atoms with Crippen LogP contribution < -0.4 is 0 Å². The van der Waals surface area contributed by atoms with E-state index in [9.17, 15) is 4.79 Å². The number of ether oxygens (including phenoxy) is 1. The first-order valence-corrected chi connectivity index (χ1v) is 4.75. The van der Waals surface area contributed by atoms with Gasteiger partial charge in [-0.25, -0.2) is 4.79 Å². The molecule has 0 aliphatic carbocycles. The van der Waals surface area contributed by atoms with Crippen LogP contribution in [-0.4, -0.2) is 17.2 Å². The number of hydrogen-bond acceptors (Lipinski definition) is 2. The lowest BCUT2D eigenvalue weighted by molar-refractivity contribution is -0.131. The van der Waals surface area contributed by atoms with Crippen molar-refractivity contribution in [1.29, 1.82) is 0 Å². The number of carboxylic acid groups (broad SMARTS) is 1. The molecule has 0 spiro atoms. The minimum absolute atomic E-state index is 0.193. The van der Waals surface area contributed by atoms with Gasteiger partial charge in [-0.15, -0.1) is 0 Å². The Morgan fingerprint density at radius 3 is 2.73 bits per heavy atom. The molecule has 0 amide bonds. The molecule has 1 atom stereocenters. The van der Waals surface area contributed by atoms with Gasteiger partial charge in [0.1, 0.15) is 0 Å². The zero-order chi connectivity index (χ0) is 11.1. The van der Waals surface area contributed by atoms with Crippen LogP contribution in [0.3, 0.4) is 0 Å². The van der Waals surface area contributed by atoms with Gasteiger partial charge in [0.15, 0.2) is 0 Å². The predicted octanol–water partition coefficient (Wildman–Crippen LogP) is 2.23. The van der Waals surface area contributed by atoms with Crippen LogP contribution in [0.1, 0.15) is 12.5 Å². The molecule has 0 bridgehead atoms. The third-order valence-corrected chi connectivity index (χ3v) is 1.87. The minimum Gasteiger partial charge on any atom is -0.478 e. The molecule has 0 aliphatic heterocycles. The van der Waals surface area contributed by atoms with Crippen molar-refractivity contribution in [1.82, 2.24) is 0 Å². The summed E-state index contributed by atoms with van der Waals surface area (Å²) in [6, 6.07) is 9.76. The van der Waals surface area contributed by atoms with E-state index < -0.39 is 5.97 Å². The summed E-state index contributed by atoms with van der Waals surface area (Å²) in [5.74, 6) is -0.954. The second-order valence-electron chi connectivity index (χ2n) is 3.20. The Morgan fingerprint density at radius 2 is 2.13 bits per heavy atom. The highest BCUT2D eigenvalue weighted by Gasteiger charge is 1.98. The standard InChI is InChI=1S/C12H14O3/c1-10(7-8-12(13)14)15-9-11-5-3-2-4-6-11/h2-8,10H,9H2,1H3,(H,13,14)/t10-/m0/s1. The lowest BCUT2D eigenvalue weighted by Crippen LogP contribution is -2.05. The molecule has 1 rings (SSSR count). The summed E-state index contributed by atoms with van der Waals surface area (Å²) >= 11 is 0. The molecule has 0 unspecified atom stereocenters. The first-order chi connectivity index (χ1) is 7.18. The van der Waals surface area contributed by atoms with Gasteiger partial charge >= 0.3 is 5.97 Å². The maximum atomic E-state index is 10.2. The van der Waals surface area contributed by atoms with Gasteiger partial charge in [-0.3, -0.25) is 0 Å². The fraction of sp³-hybridized carbons (Fsp3) is 0.250. The fourth-order valence-electron chi connectivity index (χ4n) is 1.08. The first kappa shape index (κ1) is 11.5. The average molecular weight is 206 g/mol. The Morgan fingerprint density at radius 1 is 1.47 bits per heavy atom. The molecule has 1 N–H and O–H groups in total. The Kier molecular flexibility index (Phi) is 4.57. The largest absolute Gasteiger partial charge is 0.478 e. The molecule has 0 saturated heterocycles. The molecular weight excluding hydrogens is 192 g/mol. The lowest BCUT2D eigenvalue weighted by Gasteiger charge is -2.08. The van der Waals surface area contributed by atoms with Crippen LogP contribution in [0.25, 0.3) is 0 Å². The smallest absolute Gasteiger partial charge is 0.328 e.